The Kier molecular flexibility index (Phi) is 4.04. The first-order valence-electron chi connectivity index (χ1n) is 5.53. The number of amidine groups is 1. The van der Waals surface area contributed by atoms with Crippen LogP contribution in [-0.4, -0.2) is 26.1 Å². The summed E-state index contributed by atoms with van der Waals surface area (Å²) in [5.41, 5.74) is 2.41. The first kappa shape index (κ1) is 13.4. The summed E-state index contributed by atoms with van der Waals surface area (Å²) in [6.07, 6.45) is 3.68. The molecule has 0 saturated carbocycles. The highest BCUT2D eigenvalue weighted by atomic mass is 32.2. The van der Waals surface area contributed by atoms with Gasteiger partial charge in [0, 0.05) is 7.05 Å². The Balaban J connectivity index is 2.45. The zero-order valence-corrected chi connectivity index (χ0v) is 11.4. The summed E-state index contributed by atoms with van der Waals surface area (Å²) >= 11 is 1.36. The van der Waals surface area contributed by atoms with Crippen molar-refractivity contribution in [1.29, 1.82) is 5.26 Å². The molecule has 0 aliphatic rings. The molecule has 1 heterocycles. The molecule has 6 nitrogen and oxygen atoms in total. The van der Waals surface area contributed by atoms with Gasteiger partial charge in [-0.05, 0) is 24.5 Å². The van der Waals surface area contributed by atoms with E-state index < -0.39 is 0 Å². The minimum atomic E-state index is -0.101. The summed E-state index contributed by atoms with van der Waals surface area (Å²) in [5, 5.41) is 20.8. The van der Waals surface area contributed by atoms with E-state index in [0.717, 1.165) is 11.0 Å². The van der Waals surface area contributed by atoms with Crippen LogP contribution in [0.2, 0.25) is 0 Å². The number of nitrogens with zero attached hydrogens (tertiary/aromatic N) is 4. The van der Waals surface area contributed by atoms with Gasteiger partial charge in [-0.1, -0.05) is 11.8 Å². The smallest absolute Gasteiger partial charge is 0.183 e. The van der Waals surface area contributed by atoms with E-state index in [1.54, 1.807) is 0 Å². The molecule has 0 radical (unpaired) electrons. The van der Waals surface area contributed by atoms with Gasteiger partial charge in [-0.25, -0.2) is 9.98 Å². The van der Waals surface area contributed by atoms with E-state index in [4.69, 9.17) is 5.26 Å². The Hall–Kier alpha value is -2.04. The SMILES string of the molecule is CSC(=Nc1ccc2c(c1)nc(CO)n2C)NC#N. The average Bonchev–Trinajstić information content (AvgIpc) is 2.74. The Labute approximate surface area is 114 Å². The number of nitrogens with one attached hydrogen (secondary N) is 1. The molecule has 98 valence electrons. The Morgan fingerprint density at radius 3 is 3.05 bits per heavy atom. The van der Waals surface area contributed by atoms with Crippen molar-refractivity contribution in [1.82, 2.24) is 14.9 Å². The number of thioether (sulfide) groups is 1. The van der Waals surface area contributed by atoms with Crippen LogP contribution < -0.4 is 5.32 Å². The number of aliphatic hydroxyl groups excluding tert-OH is 1. The number of aryl methyl sites for hydroxylation is 1. The second-order valence-electron chi connectivity index (χ2n) is 3.78. The van der Waals surface area contributed by atoms with Gasteiger partial charge in [0.05, 0.1) is 16.7 Å². The van der Waals surface area contributed by atoms with Gasteiger partial charge < -0.3 is 9.67 Å². The van der Waals surface area contributed by atoms with E-state index in [1.807, 2.05) is 42.3 Å². The molecular weight excluding hydrogens is 262 g/mol. The van der Waals surface area contributed by atoms with Crippen LogP contribution in [0.3, 0.4) is 0 Å². The lowest BCUT2D eigenvalue weighted by atomic mass is 10.3. The number of nitriles is 1. The van der Waals surface area contributed by atoms with Crippen molar-refractivity contribution in [2.45, 2.75) is 6.61 Å². The van der Waals surface area contributed by atoms with Gasteiger partial charge in [0.1, 0.15) is 12.4 Å². The Morgan fingerprint density at radius 2 is 2.42 bits per heavy atom. The standard InChI is InChI=1S/C12H13N5OS/c1-17-10-4-3-8(15-12(19-2)14-7-13)5-9(10)16-11(17)6-18/h3-5,18H,6H2,1-2H3,(H,14,15). The molecular formula is C12H13N5OS. The molecule has 0 unspecified atom stereocenters. The van der Waals surface area contributed by atoms with Crippen molar-refractivity contribution < 1.29 is 5.11 Å². The summed E-state index contributed by atoms with van der Waals surface area (Å²) in [6.45, 7) is -0.101. The second kappa shape index (κ2) is 5.73. The predicted octanol–water partition coefficient (Wildman–Crippen LogP) is 1.49. The quantitative estimate of drug-likeness (QED) is 0.375. The molecule has 1 aromatic heterocycles. The van der Waals surface area contributed by atoms with Crippen LogP contribution in [0.15, 0.2) is 23.2 Å². The van der Waals surface area contributed by atoms with Gasteiger partial charge in [0.25, 0.3) is 0 Å². The number of hydrogen-bond donors (Lipinski definition) is 2. The molecule has 0 fully saturated rings. The highest BCUT2D eigenvalue weighted by Crippen LogP contribution is 2.22. The van der Waals surface area contributed by atoms with Crippen molar-refractivity contribution in [2.24, 2.45) is 12.0 Å². The number of imidazole rings is 1. The fourth-order valence-electron chi connectivity index (χ4n) is 1.74. The number of benzene rings is 1. The predicted molar refractivity (Wildman–Crippen MR) is 76.0 cm³/mol. The minimum absolute atomic E-state index is 0.101. The molecule has 2 aromatic rings. The lowest BCUT2D eigenvalue weighted by Crippen LogP contribution is -2.12. The molecule has 0 aliphatic carbocycles. The number of hydrogen-bond acceptors (Lipinski definition) is 5. The molecule has 0 saturated heterocycles. The van der Waals surface area contributed by atoms with E-state index in [2.05, 4.69) is 15.3 Å². The maximum atomic E-state index is 9.18. The van der Waals surface area contributed by atoms with E-state index in [9.17, 15) is 5.11 Å². The van der Waals surface area contributed by atoms with Gasteiger partial charge in [-0.15, -0.1) is 0 Å². The van der Waals surface area contributed by atoms with Crippen LogP contribution in [0.1, 0.15) is 5.82 Å². The second-order valence-corrected chi connectivity index (χ2v) is 4.57. The third-order valence-corrected chi connectivity index (χ3v) is 3.27. The third kappa shape index (κ3) is 2.70. The van der Waals surface area contributed by atoms with Crippen molar-refractivity contribution in [3.63, 3.8) is 0 Å². The van der Waals surface area contributed by atoms with Gasteiger partial charge in [0.15, 0.2) is 11.4 Å². The number of rotatable bonds is 2. The van der Waals surface area contributed by atoms with Crippen LogP contribution >= 0.6 is 11.8 Å². The summed E-state index contributed by atoms with van der Waals surface area (Å²) < 4.78 is 1.84. The lowest BCUT2D eigenvalue weighted by Gasteiger charge is -2.00. The van der Waals surface area contributed by atoms with Crippen molar-refractivity contribution in [3.05, 3.63) is 24.0 Å². The lowest BCUT2D eigenvalue weighted by molar-refractivity contribution is 0.268. The zero-order chi connectivity index (χ0) is 13.8. The molecule has 0 amide bonds. The maximum Gasteiger partial charge on any atom is 0.183 e. The summed E-state index contributed by atoms with van der Waals surface area (Å²) in [6, 6.07) is 5.56. The highest BCUT2D eigenvalue weighted by Gasteiger charge is 2.07. The molecule has 7 heteroatoms. The van der Waals surface area contributed by atoms with Gasteiger partial charge >= 0.3 is 0 Å². The summed E-state index contributed by atoms with van der Waals surface area (Å²) in [7, 11) is 1.86. The zero-order valence-electron chi connectivity index (χ0n) is 10.6. The van der Waals surface area contributed by atoms with Gasteiger partial charge in [0.2, 0.25) is 0 Å². The van der Waals surface area contributed by atoms with E-state index in [1.165, 1.54) is 11.8 Å². The van der Waals surface area contributed by atoms with Crippen molar-refractivity contribution >= 4 is 33.7 Å². The third-order valence-electron chi connectivity index (χ3n) is 2.69. The van der Waals surface area contributed by atoms with Crippen molar-refractivity contribution in [2.75, 3.05) is 6.26 Å². The molecule has 19 heavy (non-hydrogen) atoms. The molecule has 1 aromatic carbocycles. The van der Waals surface area contributed by atoms with Crippen LogP contribution in [-0.2, 0) is 13.7 Å². The monoisotopic (exact) mass is 275 g/mol. The number of fused-ring (bicyclic) bond motifs is 1. The highest BCUT2D eigenvalue weighted by molar-refractivity contribution is 8.13. The van der Waals surface area contributed by atoms with Crippen LogP contribution in [0.25, 0.3) is 11.0 Å². The summed E-state index contributed by atoms with van der Waals surface area (Å²) in [5.74, 6) is 0.608. The van der Waals surface area contributed by atoms with Crippen molar-refractivity contribution in [3.8, 4) is 6.19 Å². The van der Waals surface area contributed by atoms with E-state index >= 15 is 0 Å². The minimum Gasteiger partial charge on any atom is -0.388 e. The number of aliphatic imine (C=N–C) groups is 1. The molecule has 0 atom stereocenters. The Bertz CT molecular complexity index is 671. The van der Waals surface area contributed by atoms with E-state index in [-0.39, 0.29) is 6.61 Å². The van der Waals surface area contributed by atoms with Gasteiger partial charge in [-0.3, -0.25) is 5.32 Å². The van der Waals surface area contributed by atoms with Gasteiger partial charge in [-0.2, -0.15) is 5.26 Å². The topological polar surface area (TPSA) is 86.2 Å². The average molecular weight is 275 g/mol. The number of aromatic nitrogens is 2. The molecule has 0 spiro atoms. The number of aliphatic hydroxyl groups is 1. The fourth-order valence-corrected chi connectivity index (χ4v) is 2.08. The normalized spacial score (nSPS) is 11.6. The van der Waals surface area contributed by atoms with E-state index in [0.29, 0.717) is 16.7 Å². The molecule has 0 aliphatic heterocycles. The largest absolute Gasteiger partial charge is 0.388 e. The summed E-state index contributed by atoms with van der Waals surface area (Å²) in [4.78, 5) is 8.64. The molecule has 2 rings (SSSR count). The van der Waals surface area contributed by atoms with Crippen LogP contribution in [0.5, 0.6) is 0 Å². The molecule has 2 N–H and O–H groups in total. The molecule has 0 bridgehead atoms. The van der Waals surface area contributed by atoms with Crippen LogP contribution in [0, 0.1) is 11.5 Å². The first-order chi connectivity index (χ1) is 9.19. The van der Waals surface area contributed by atoms with Crippen LogP contribution in [0.4, 0.5) is 5.69 Å². The Morgan fingerprint density at radius 1 is 1.63 bits per heavy atom. The first-order valence-corrected chi connectivity index (χ1v) is 6.76. The fraction of sp³-hybridized carbons (Fsp3) is 0.250. The maximum absolute atomic E-state index is 9.18.